The van der Waals surface area contributed by atoms with Gasteiger partial charge in [-0.2, -0.15) is 5.10 Å². The Hall–Kier alpha value is -0.910. The van der Waals surface area contributed by atoms with Gasteiger partial charge in [-0.1, -0.05) is 0 Å². The molecule has 0 amide bonds. The third-order valence-electron chi connectivity index (χ3n) is 3.72. The second kappa shape index (κ2) is 6.31. The fourth-order valence-electron chi connectivity index (χ4n) is 2.82. The Morgan fingerprint density at radius 1 is 1.56 bits per heavy atom. The highest BCUT2D eigenvalue weighted by Crippen LogP contribution is 2.29. The molecule has 0 spiro atoms. The maximum Gasteiger partial charge on any atom is 0.0671 e. The first-order valence-corrected chi connectivity index (χ1v) is 6.78. The highest BCUT2D eigenvalue weighted by molar-refractivity contribution is 5.11. The van der Waals surface area contributed by atoms with Gasteiger partial charge in [-0.05, 0) is 32.4 Å². The molecule has 5 heteroatoms. The van der Waals surface area contributed by atoms with Gasteiger partial charge in [-0.15, -0.1) is 0 Å². The zero-order valence-corrected chi connectivity index (χ0v) is 11.4. The van der Waals surface area contributed by atoms with E-state index in [0.29, 0.717) is 0 Å². The van der Waals surface area contributed by atoms with Crippen molar-refractivity contribution in [2.75, 3.05) is 26.8 Å². The van der Waals surface area contributed by atoms with E-state index in [0.717, 1.165) is 32.7 Å². The van der Waals surface area contributed by atoms with Gasteiger partial charge in [-0.25, -0.2) is 0 Å². The number of hydrogen-bond acceptors (Lipinski definition) is 4. The molecule has 2 heterocycles. The van der Waals surface area contributed by atoms with Crippen LogP contribution in [0.1, 0.15) is 31.5 Å². The summed E-state index contributed by atoms with van der Waals surface area (Å²) in [4.78, 5) is 2.43. The van der Waals surface area contributed by atoms with Crippen LogP contribution < -0.4 is 5.73 Å². The molecule has 102 valence electrons. The molecule has 2 rings (SSSR count). The number of nitrogens with two attached hydrogens (primary N) is 1. The molecule has 0 aromatic carbocycles. The Kier molecular flexibility index (Phi) is 4.74. The molecule has 1 fully saturated rings. The van der Waals surface area contributed by atoms with Crippen LogP contribution in [0.3, 0.4) is 0 Å². The van der Waals surface area contributed by atoms with E-state index in [-0.39, 0.29) is 12.1 Å². The number of ether oxygens (including phenoxy) is 1. The maximum absolute atomic E-state index is 6.33. The van der Waals surface area contributed by atoms with Gasteiger partial charge in [0.25, 0.3) is 0 Å². The molecule has 2 atom stereocenters. The van der Waals surface area contributed by atoms with Crippen LogP contribution in [-0.2, 0) is 11.3 Å². The fraction of sp³-hybridized carbons (Fsp3) is 0.769. The number of rotatable bonds is 5. The summed E-state index contributed by atoms with van der Waals surface area (Å²) in [6.45, 7) is 5.79. The lowest BCUT2D eigenvalue weighted by Gasteiger charge is -2.39. The van der Waals surface area contributed by atoms with E-state index in [1.165, 1.54) is 12.1 Å². The van der Waals surface area contributed by atoms with Crippen molar-refractivity contribution >= 4 is 0 Å². The molecule has 2 N–H and O–H groups in total. The van der Waals surface area contributed by atoms with Crippen molar-refractivity contribution < 1.29 is 4.74 Å². The molecule has 1 saturated heterocycles. The van der Waals surface area contributed by atoms with Gasteiger partial charge in [0, 0.05) is 32.4 Å². The van der Waals surface area contributed by atoms with Gasteiger partial charge in [0.1, 0.15) is 0 Å². The van der Waals surface area contributed by atoms with Gasteiger partial charge in [0.2, 0.25) is 0 Å². The molecule has 1 aliphatic rings. The van der Waals surface area contributed by atoms with Gasteiger partial charge in [-0.3, -0.25) is 9.58 Å². The third kappa shape index (κ3) is 2.74. The van der Waals surface area contributed by atoms with Crippen molar-refractivity contribution in [2.45, 2.75) is 38.4 Å². The van der Waals surface area contributed by atoms with Gasteiger partial charge in [0.05, 0.1) is 18.3 Å². The highest BCUT2D eigenvalue weighted by atomic mass is 16.5. The van der Waals surface area contributed by atoms with Gasteiger partial charge < -0.3 is 10.5 Å². The van der Waals surface area contributed by atoms with Crippen molar-refractivity contribution in [1.82, 2.24) is 14.7 Å². The lowest BCUT2D eigenvalue weighted by molar-refractivity contribution is 0.0806. The molecule has 2 unspecified atom stereocenters. The van der Waals surface area contributed by atoms with Crippen molar-refractivity contribution in [3.8, 4) is 0 Å². The number of nitrogens with zero attached hydrogens (tertiary/aromatic N) is 3. The number of aromatic nitrogens is 2. The summed E-state index contributed by atoms with van der Waals surface area (Å²) in [6, 6.07) is 2.56. The predicted molar refractivity (Wildman–Crippen MR) is 71.3 cm³/mol. The molecule has 18 heavy (non-hydrogen) atoms. The normalized spacial score (nSPS) is 25.5. The topological polar surface area (TPSA) is 56.3 Å². The average Bonchev–Trinajstić information content (AvgIpc) is 2.84. The number of hydrogen-bond donors (Lipinski definition) is 1. The predicted octanol–water partition coefficient (Wildman–Crippen LogP) is 1.01. The lowest BCUT2D eigenvalue weighted by atomic mass is 9.94. The molecular weight excluding hydrogens is 228 g/mol. The fourth-order valence-corrected chi connectivity index (χ4v) is 2.82. The summed E-state index contributed by atoms with van der Waals surface area (Å²) >= 11 is 0. The third-order valence-corrected chi connectivity index (χ3v) is 3.72. The summed E-state index contributed by atoms with van der Waals surface area (Å²) in [5, 5.41) is 4.36. The largest absolute Gasteiger partial charge is 0.383 e. The minimum absolute atomic E-state index is 0.192. The quantitative estimate of drug-likeness (QED) is 0.850. The summed E-state index contributed by atoms with van der Waals surface area (Å²) in [6.07, 6.45) is 4.12. The van der Waals surface area contributed by atoms with Gasteiger partial charge >= 0.3 is 0 Å². The van der Waals surface area contributed by atoms with E-state index < -0.39 is 0 Å². The Morgan fingerprint density at radius 3 is 3.11 bits per heavy atom. The standard InChI is InChI=1S/C13H24N4O/c1-3-17-12(6-7-15-17)13-11(14)5-4-8-16(13)9-10-18-2/h6-7,11,13H,3-5,8-10,14H2,1-2H3. The molecule has 1 aliphatic heterocycles. The first-order valence-electron chi connectivity index (χ1n) is 6.78. The van der Waals surface area contributed by atoms with Crippen molar-refractivity contribution in [3.63, 3.8) is 0 Å². The average molecular weight is 252 g/mol. The van der Waals surface area contributed by atoms with Crippen LogP contribution in [0.2, 0.25) is 0 Å². The number of piperidine rings is 1. The van der Waals surface area contributed by atoms with Crippen LogP contribution in [0, 0.1) is 0 Å². The van der Waals surface area contributed by atoms with E-state index >= 15 is 0 Å². The molecular formula is C13H24N4O. The molecule has 0 bridgehead atoms. The minimum atomic E-state index is 0.192. The number of methoxy groups -OCH3 is 1. The van der Waals surface area contributed by atoms with Crippen LogP contribution in [0.5, 0.6) is 0 Å². The Bertz CT molecular complexity index is 366. The van der Waals surface area contributed by atoms with Crippen molar-refractivity contribution in [1.29, 1.82) is 0 Å². The summed E-state index contributed by atoms with van der Waals surface area (Å²) in [5.74, 6) is 0. The highest BCUT2D eigenvalue weighted by Gasteiger charge is 2.32. The zero-order valence-electron chi connectivity index (χ0n) is 11.4. The van der Waals surface area contributed by atoms with Gasteiger partial charge in [0.15, 0.2) is 0 Å². The molecule has 5 nitrogen and oxygen atoms in total. The lowest BCUT2D eigenvalue weighted by Crippen LogP contribution is -2.47. The monoisotopic (exact) mass is 252 g/mol. The summed E-state index contributed by atoms with van der Waals surface area (Å²) in [5.41, 5.74) is 7.57. The second-order valence-electron chi connectivity index (χ2n) is 4.85. The number of likely N-dealkylation sites (tertiary alicyclic amines) is 1. The molecule has 0 aliphatic carbocycles. The summed E-state index contributed by atoms with van der Waals surface area (Å²) < 4.78 is 7.25. The first-order chi connectivity index (χ1) is 8.77. The smallest absolute Gasteiger partial charge is 0.0671 e. The minimum Gasteiger partial charge on any atom is -0.383 e. The van der Waals surface area contributed by atoms with E-state index in [4.69, 9.17) is 10.5 Å². The van der Waals surface area contributed by atoms with E-state index in [2.05, 4.69) is 27.7 Å². The Balaban J connectivity index is 2.18. The molecule has 1 aromatic rings. The Labute approximate surface area is 109 Å². The van der Waals surface area contributed by atoms with Crippen LogP contribution in [-0.4, -0.2) is 47.5 Å². The molecule has 0 radical (unpaired) electrons. The van der Waals surface area contributed by atoms with E-state index in [9.17, 15) is 0 Å². The first kappa shape index (κ1) is 13.5. The maximum atomic E-state index is 6.33. The SMILES string of the molecule is CCn1nccc1C1C(N)CCCN1CCOC. The van der Waals surface area contributed by atoms with Crippen LogP contribution in [0.15, 0.2) is 12.3 Å². The summed E-state index contributed by atoms with van der Waals surface area (Å²) in [7, 11) is 1.75. The van der Waals surface area contributed by atoms with E-state index in [1.807, 2.05) is 6.20 Å². The molecule has 1 aromatic heterocycles. The van der Waals surface area contributed by atoms with Crippen molar-refractivity contribution in [3.05, 3.63) is 18.0 Å². The number of aryl methyl sites for hydroxylation is 1. The second-order valence-corrected chi connectivity index (χ2v) is 4.85. The molecule has 0 saturated carbocycles. The Morgan fingerprint density at radius 2 is 2.39 bits per heavy atom. The van der Waals surface area contributed by atoms with Crippen LogP contribution >= 0.6 is 0 Å². The zero-order chi connectivity index (χ0) is 13.0. The van der Waals surface area contributed by atoms with Crippen LogP contribution in [0.4, 0.5) is 0 Å². The van der Waals surface area contributed by atoms with Crippen LogP contribution in [0.25, 0.3) is 0 Å². The van der Waals surface area contributed by atoms with Crippen molar-refractivity contribution in [2.24, 2.45) is 5.73 Å². The van der Waals surface area contributed by atoms with E-state index in [1.54, 1.807) is 7.11 Å².